The highest BCUT2D eigenvalue weighted by atomic mass is 35.5. The molecule has 2 aromatic rings. The van der Waals surface area contributed by atoms with E-state index >= 15 is 0 Å². The Hall–Kier alpha value is -2.25. The maximum atomic E-state index is 6.03. The molecule has 0 bridgehead atoms. The Balaban J connectivity index is 1.52. The predicted octanol–water partition coefficient (Wildman–Crippen LogP) is 2.54. The fourth-order valence-electron chi connectivity index (χ4n) is 3.21. The van der Waals surface area contributed by atoms with Gasteiger partial charge in [0.2, 0.25) is 0 Å². The van der Waals surface area contributed by atoms with Crippen LogP contribution >= 0.6 is 11.6 Å². The summed E-state index contributed by atoms with van der Waals surface area (Å²) < 4.78 is 10.6. The molecule has 1 aliphatic heterocycles. The summed E-state index contributed by atoms with van der Waals surface area (Å²) in [6.07, 6.45) is 0. The monoisotopic (exact) mass is 391 g/mol. The average molecular weight is 392 g/mol. The summed E-state index contributed by atoms with van der Waals surface area (Å²) in [6.45, 7) is 7.10. The molecule has 0 amide bonds. The number of guanidine groups is 1. The van der Waals surface area contributed by atoms with Crippen molar-refractivity contribution in [2.45, 2.75) is 20.0 Å². The van der Waals surface area contributed by atoms with E-state index in [9.17, 15) is 0 Å². The van der Waals surface area contributed by atoms with Gasteiger partial charge in [0.1, 0.15) is 11.5 Å². The van der Waals surface area contributed by atoms with Gasteiger partial charge in [0, 0.05) is 63.0 Å². The first-order valence-electron chi connectivity index (χ1n) is 9.01. The second kappa shape index (κ2) is 9.10. The van der Waals surface area contributed by atoms with Crippen LogP contribution in [0.25, 0.3) is 0 Å². The number of ether oxygens (including phenoxy) is 1. The predicted molar refractivity (Wildman–Crippen MR) is 106 cm³/mol. The molecule has 8 heteroatoms. The van der Waals surface area contributed by atoms with E-state index in [0.717, 1.165) is 61.5 Å². The van der Waals surface area contributed by atoms with Crippen molar-refractivity contribution >= 4 is 17.6 Å². The summed E-state index contributed by atoms with van der Waals surface area (Å²) in [5.41, 5.74) is 2.03. The Kier molecular flexibility index (Phi) is 6.58. The van der Waals surface area contributed by atoms with Gasteiger partial charge >= 0.3 is 0 Å². The van der Waals surface area contributed by atoms with Gasteiger partial charge in [-0.1, -0.05) is 22.8 Å². The van der Waals surface area contributed by atoms with Crippen LogP contribution in [-0.4, -0.2) is 61.3 Å². The Labute approximate surface area is 164 Å². The molecule has 146 valence electrons. The molecule has 0 spiro atoms. The van der Waals surface area contributed by atoms with Crippen molar-refractivity contribution in [2.75, 3.05) is 40.3 Å². The van der Waals surface area contributed by atoms with Gasteiger partial charge in [0.05, 0.1) is 12.8 Å². The van der Waals surface area contributed by atoms with E-state index in [-0.39, 0.29) is 0 Å². The number of aliphatic imine (C=N–C) groups is 1. The number of nitrogens with one attached hydrogen (secondary N) is 1. The molecule has 1 fully saturated rings. The highest BCUT2D eigenvalue weighted by Gasteiger charge is 2.20. The summed E-state index contributed by atoms with van der Waals surface area (Å²) >= 11 is 6.03. The second-order valence-electron chi connectivity index (χ2n) is 6.55. The molecule has 3 rings (SSSR count). The molecule has 0 unspecified atom stereocenters. The van der Waals surface area contributed by atoms with E-state index in [4.69, 9.17) is 20.9 Å². The van der Waals surface area contributed by atoms with Crippen LogP contribution in [0.2, 0.25) is 5.02 Å². The van der Waals surface area contributed by atoms with E-state index in [1.165, 1.54) is 0 Å². The summed E-state index contributed by atoms with van der Waals surface area (Å²) in [5.74, 6) is 2.52. The molecule has 0 saturated carbocycles. The molecule has 0 radical (unpaired) electrons. The minimum Gasteiger partial charge on any atom is -0.496 e. The third-order valence-corrected chi connectivity index (χ3v) is 4.87. The average Bonchev–Trinajstić information content (AvgIpc) is 3.09. The van der Waals surface area contributed by atoms with Crippen molar-refractivity contribution in [3.63, 3.8) is 0 Å². The first-order chi connectivity index (χ1) is 13.1. The van der Waals surface area contributed by atoms with Crippen LogP contribution in [0.1, 0.15) is 17.0 Å². The quantitative estimate of drug-likeness (QED) is 0.624. The third kappa shape index (κ3) is 5.14. The second-order valence-corrected chi connectivity index (χ2v) is 6.99. The number of aromatic nitrogens is 1. The molecule has 0 atom stereocenters. The summed E-state index contributed by atoms with van der Waals surface area (Å²) in [5, 5.41) is 8.17. The number of aryl methyl sites for hydroxylation is 1. The molecule has 1 saturated heterocycles. The maximum Gasteiger partial charge on any atom is 0.194 e. The molecule has 7 nitrogen and oxygen atoms in total. The number of rotatable bonds is 5. The van der Waals surface area contributed by atoms with Crippen LogP contribution in [-0.2, 0) is 13.1 Å². The van der Waals surface area contributed by atoms with Gasteiger partial charge < -0.3 is 19.5 Å². The first-order valence-corrected chi connectivity index (χ1v) is 9.39. The topological polar surface area (TPSA) is 66.1 Å². The van der Waals surface area contributed by atoms with Crippen LogP contribution in [0.4, 0.5) is 0 Å². The largest absolute Gasteiger partial charge is 0.496 e. The molecule has 1 aromatic carbocycles. The van der Waals surface area contributed by atoms with Crippen LogP contribution < -0.4 is 10.1 Å². The van der Waals surface area contributed by atoms with Crippen molar-refractivity contribution < 1.29 is 9.26 Å². The lowest BCUT2D eigenvalue weighted by Crippen LogP contribution is -2.52. The Bertz CT molecular complexity index is 784. The van der Waals surface area contributed by atoms with Crippen LogP contribution in [0.5, 0.6) is 5.75 Å². The smallest absolute Gasteiger partial charge is 0.194 e. The standard InChI is InChI=1S/C19H26ClN5O2/c1-14-10-17(23-27-14)13-24-6-8-25(9-7-24)19(21-2)22-12-15-4-5-16(20)11-18(15)26-3/h4-5,10-11H,6-9,12-13H2,1-3H3,(H,21,22). The molecule has 2 heterocycles. The van der Waals surface area contributed by atoms with Gasteiger partial charge in [-0.25, -0.2) is 0 Å². The van der Waals surface area contributed by atoms with E-state index in [1.807, 2.05) is 38.2 Å². The molecule has 27 heavy (non-hydrogen) atoms. The number of nitrogens with zero attached hydrogens (tertiary/aromatic N) is 4. The lowest BCUT2D eigenvalue weighted by atomic mass is 10.2. The van der Waals surface area contributed by atoms with Crippen molar-refractivity contribution in [2.24, 2.45) is 4.99 Å². The van der Waals surface area contributed by atoms with Crippen LogP contribution in [0.3, 0.4) is 0 Å². The van der Waals surface area contributed by atoms with Gasteiger partial charge in [0.25, 0.3) is 0 Å². The van der Waals surface area contributed by atoms with Gasteiger partial charge in [-0.15, -0.1) is 0 Å². The molecular formula is C19H26ClN5O2. The lowest BCUT2D eigenvalue weighted by Gasteiger charge is -2.36. The molecule has 1 N–H and O–H groups in total. The number of halogens is 1. The van der Waals surface area contributed by atoms with Gasteiger partial charge in [0.15, 0.2) is 5.96 Å². The lowest BCUT2D eigenvalue weighted by molar-refractivity contribution is 0.169. The number of hydrogen-bond acceptors (Lipinski definition) is 5. The zero-order valence-electron chi connectivity index (χ0n) is 16.0. The zero-order chi connectivity index (χ0) is 19.2. The van der Waals surface area contributed by atoms with Crippen LogP contribution in [0, 0.1) is 6.92 Å². The summed E-state index contributed by atoms with van der Waals surface area (Å²) in [6, 6.07) is 7.66. The minimum absolute atomic E-state index is 0.630. The van der Waals surface area contributed by atoms with E-state index in [1.54, 1.807) is 7.11 Å². The fourth-order valence-corrected chi connectivity index (χ4v) is 3.37. The summed E-state index contributed by atoms with van der Waals surface area (Å²) in [7, 11) is 3.46. The van der Waals surface area contributed by atoms with E-state index in [2.05, 4.69) is 25.3 Å². The minimum atomic E-state index is 0.630. The first kappa shape index (κ1) is 19.5. The summed E-state index contributed by atoms with van der Waals surface area (Å²) in [4.78, 5) is 9.08. The van der Waals surface area contributed by atoms with Crippen molar-refractivity contribution in [3.05, 3.63) is 46.3 Å². The molecule has 1 aliphatic rings. The third-order valence-electron chi connectivity index (χ3n) is 4.63. The zero-order valence-corrected chi connectivity index (χ0v) is 16.8. The number of methoxy groups -OCH3 is 1. The van der Waals surface area contributed by atoms with E-state index < -0.39 is 0 Å². The number of piperazine rings is 1. The van der Waals surface area contributed by atoms with Gasteiger partial charge in [-0.2, -0.15) is 0 Å². The van der Waals surface area contributed by atoms with Crippen molar-refractivity contribution in [1.82, 2.24) is 20.3 Å². The maximum absolute atomic E-state index is 6.03. The number of benzene rings is 1. The Morgan fingerprint density at radius 2 is 2.07 bits per heavy atom. The van der Waals surface area contributed by atoms with Crippen molar-refractivity contribution in [3.8, 4) is 5.75 Å². The van der Waals surface area contributed by atoms with Crippen molar-refractivity contribution in [1.29, 1.82) is 0 Å². The van der Waals surface area contributed by atoms with E-state index in [0.29, 0.717) is 11.6 Å². The number of hydrogen-bond donors (Lipinski definition) is 1. The van der Waals surface area contributed by atoms with Crippen LogP contribution in [0.15, 0.2) is 33.8 Å². The fraction of sp³-hybridized carbons (Fsp3) is 0.474. The highest BCUT2D eigenvalue weighted by molar-refractivity contribution is 6.30. The SMILES string of the molecule is CN=C(NCc1ccc(Cl)cc1OC)N1CCN(Cc2cc(C)on2)CC1. The Morgan fingerprint density at radius 3 is 2.70 bits per heavy atom. The molecule has 0 aliphatic carbocycles. The van der Waals surface area contributed by atoms with Gasteiger partial charge in [-0.3, -0.25) is 9.89 Å². The normalized spacial score (nSPS) is 15.9. The molecular weight excluding hydrogens is 366 g/mol. The molecule has 1 aromatic heterocycles. The Morgan fingerprint density at radius 1 is 1.30 bits per heavy atom. The highest BCUT2D eigenvalue weighted by Crippen LogP contribution is 2.23. The van der Waals surface area contributed by atoms with Gasteiger partial charge in [-0.05, 0) is 19.1 Å².